The Morgan fingerprint density at radius 3 is 2.88 bits per heavy atom. The fourth-order valence-corrected chi connectivity index (χ4v) is 2.75. The number of thiazole rings is 1. The highest BCUT2D eigenvalue weighted by molar-refractivity contribution is 7.15. The van der Waals surface area contributed by atoms with Crippen molar-refractivity contribution in [2.75, 3.05) is 5.32 Å². The predicted octanol–water partition coefficient (Wildman–Crippen LogP) is 1.76. The molecule has 1 heterocycles. The fraction of sp³-hybridized carbons (Fsp3) is 0.556. The van der Waals surface area contributed by atoms with Gasteiger partial charge in [-0.25, -0.2) is 4.98 Å². The molecule has 0 saturated heterocycles. The Morgan fingerprint density at radius 2 is 2.25 bits per heavy atom. The summed E-state index contributed by atoms with van der Waals surface area (Å²) in [4.78, 5) is 16.4. The SMILES string of the molecule is CC(=O)Nc1nc2c(s1)C[C@H](N)CC2.Cl.Cl. The van der Waals surface area contributed by atoms with Crippen LogP contribution in [0.2, 0.25) is 0 Å². The third-order valence-electron chi connectivity index (χ3n) is 2.26. The van der Waals surface area contributed by atoms with Gasteiger partial charge >= 0.3 is 0 Å². The molecule has 1 amide bonds. The number of carbonyl (C=O) groups is 1. The number of hydrogen-bond donors (Lipinski definition) is 2. The Hall–Kier alpha value is -0.360. The molecule has 0 aromatic carbocycles. The fourth-order valence-electron chi connectivity index (χ4n) is 1.60. The first-order valence-corrected chi connectivity index (χ1v) is 5.48. The van der Waals surface area contributed by atoms with E-state index >= 15 is 0 Å². The maximum absolute atomic E-state index is 10.8. The highest BCUT2D eigenvalue weighted by atomic mass is 35.5. The van der Waals surface area contributed by atoms with Crippen molar-refractivity contribution in [3.8, 4) is 0 Å². The standard InChI is InChI=1S/C9H13N3OS.2ClH/c1-5(13)11-9-12-7-3-2-6(10)4-8(7)14-9;;/h6H,2-4,10H2,1H3,(H,11,12,13);2*1H/t6-;;/m1../s1. The van der Waals surface area contributed by atoms with Gasteiger partial charge in [0.2, 0.25) is 5.91 Å². The van der Waals surface area contributed by atoms with Crippen LogP contribution in [0, 0.1) is 0 Å². The van der Waals surface area contributed by atoms with E-state index in [-0.39, 0.29) is 36.8 Å². The number of fused-ring (bicyclic) bond motifs is 1. The van der Waals surface area contributed by atoms with Gasteiger partial charge in [0.1, 0.15) is 0 Å². The Morgan fingerprint density at radius 1 is 1.56 bits per heavy atom. The molecular formula is C9H15Cl2N3OS. The Balaban J connectivity index is 0.00000112. The van der Waals surface area contributed by atoms with Crippen LogP contribution in [-0.2, 0) is 17.6 Å². The summed E-state index contributed by atoms with van der Waals surface area (Å²) in [6.07, 6.45) is 2.83. The second-order valence-corrected chi connectivity index (χ2v) is 4.66. The van der Waals surface area contributed by atoms with Crippen LogP contribution in [0.4, 0.5) is 5.13 Å². The summed E-state index contributed by atoms with van der Waals surface area (Å²) in [7, 11) is 0. The second-order valence-electron chi connectivity index (χ2n) is 3.57. The molecule has 1 aliphatic rings. The molecule has 0 fully saturated rings. The van der Waals surface area contributed by atoms with Crippen LogP contribution in [0.3, 0.4) is 0 Å². The van der Waals surface area contributed by atoms with Gasteiger partial charge in [-0.2, -0.15) is 0 Å². The summed E-state index contributed by atoms with van der Waals surface area (Å²) in [5, 5.41) is 3.41. The van der Waals surface area contributed by atoms with E-state index in [0.717, 1.165) is 25.0 Å². The molecule has 0 aliphatic heterocycles. The molecule has 7 heteroatoms. The molecule has 0 unspecified atom stereocenters. The van der Waals surface area contributed by atoms with Crippen molar-refractivity contribution in [1.29, 1.82) is 0 Å². The summed E-state index contributed by atoms with van der Waals surface area (Å²) in [5.74, 6) is -0.0691. The Labute approximate surface area is 111 Å². The average Bonchev–Trinajstić information content (AvgIpc) is 2.44. The van der Waals surface area contributed by atoms with Gasteiger partial charge in [-0.1, -0.05) is 0 Å². The summed E-state index contributed by atoms with van der Waals surface area (Å²) in [6.45, 7) is 1.49. The molecule has 1 aromatic rings. The van der Waals surface area contributed by atoms with E-state index in [2.05, 4.69) is 10.3 Å². The minimum atomic E-state index is -0.0691. The van der Waals surface area contributed by atoms with Crippen LogP contribution in [-0.4, -0.2) is 16.9 Å². The normalized spacial score (nSPS) is 17.8. The maximum atomic E-state index is 10.8. The van der Waals surface area contributed by atoms with Crippen LogP contribution in [0.15, 0.2) is 0 Å². The van der Waals surface area contributed by atoms with Crippen LogP contribution in [0.5, 0.6) is 0 Å². The summed E-state index contributed by atoms with van der Waals surface area (Å²) >= 11 is 1.54. The number of amides is 1. The number of aryl methyl sites for hydroxylation is 1. The zero-order chi connectivity index (χ0) is 10.1. The topological polar surface area (TPSA) is 68.0 Å². The van der Waals surface area contributed by atoms with Gasteiger partial charge in [0.15, 0.2) is 5.13 Å². The third-order valence-corrected chi connectivity index (χ3v) is 3.30. The van der Waals surface area contributed by atoms with Crippen LogP contribution in [0.25, 0.3) is 0 Å². The van der Waals surface area contributed by atoms with E-state index in [1.807, 2.05) is 0 Å². The monoisotopic (exact) mass is 283 g/mol. The number of nitrogens with zero attached hydrogens (tertiary/aromatic N) is 1. The largest absolute Gasteiger partial charge is 0.327 e. The van der Waals surface area contributed by atoms with Gasteiger partial charge in [0.25, 0.3) is 0 Å². The zero-order valence-corrected chi connectivity index (χ0v) is 11.3. The number of nitrogens with two attached hydrogens (primary N) is 1. The molecule has 4 nitrogen and oxygen atoms in total. The molecule has 1 aromatic heterocycles. The number of rotatable bonds is 1. The third kappa shape index (κ3) is 3.59. The van der Waals surface area contributed by atoms with Gasteiger partial charge in [0, 0.05) is 17.8 Å². The van der Waals surface area contributed by atoms with E-state index in [1.165, 1.54) is 11.8 Å². The highest BCUT2D eigenvalue weighted by Gasteiger charge is 2.20. The lowest BCUT2D eigenvalue weighted by Crippen LogP contribution is -2.26. The molecule has 92 valence electrons. The van der Waals surface area contributed by atoms with E-state index in [4.69, 9.17) is 5.73 Å². The van der Waals surface area contributed by atoms with Gasteiger partial charge in [0.05, 0.1) is 5.69 Å². The van der Waals surface area contributed by atoms with Crippen molar-refractivity contribution in [1.82, 2.24) is 4.98 Å². The highest BCUT2D eigenvalue weighted by Crippen LogP contribution is 2.29. The van der Waals surface area contributed by atoms with Gasteiger partial charge in [-0.3, -0.25) is 4.79 Å². The van der Waals surface area contributed by atoms with E-state index in [0.29, 0.717) is 5.13 Å². The lowest BCUT2D eigenvalue weighted by Gasteiger charge is -2.15. The number of halogens is 2. The molecule has 1 atom stereocenters. The molecule has 1 aliphatic carbocycles. The summed E-state index contributed by atoms with van der Waals surface area (Å²) in [5.41, 5.74) is 6.96. The smallest absolute Gasteiger partial charge is 0.223 e. The Bertz CT molecular complexity index is 370. The lowest BCUT2D eigenvalue weighted by atomic mass is 9.99. The molecule has 0 spiro atoms. The molecule has 3 N–H and O–H groups in total. The van der Waals surface area contributed by atoms with E-state index in [9.17, 15) is 4.79 Å². The van der Waals surface area contributed by atoms with E-state index < -0.39 is 0 Å². The predicted molar refractivity (Wildman–Crippen MR) is 70.9 cm³/mol. The molecule has 0 saturated carbocycles. The minimum Gasteiger partial charge on any atom is -0.327 e. The molecule has 0 radical (unpaired) electrons. The summed E-state index contributed by atoms with van der Waals surface area (Å²) < 4.78 is 0. The van der Waals surface area contributed by atoms with Crippen LogP contribution >= 0.6 is 36.2 Å². The van der Waals surface area contributed by atoms with Crippen LogP contribution < -0.4 is 11.1 Å². The van der Waals surface area contributed by atoms with Gasteiger partial charge < -0.3 is 11.1 Å². The van der Waals surface area contributed by atoms with Gasteiger partial charge in [-0.15, -0.1) is 36.2 Å². The molecule has 2 rings (SSSR count). The number of aromatic nitrogens is 1. The van der Waals surface area contributed by atoms with Crippen LogP contribution in [0.1, 0.15) is 23.9 Å². The van der Waals surface area contributed by atoms with Crippen molar-refractivity contribution >= 4 is 47.2 Å². The zero-order valence-electron chi connectivity index (χ0n) is 8.86. The number of anilines is 1. The van der Waals surface area contributed by atoms with Crippen molar-refractivity contribution in [3.63, 3.8) is 0 Å². The van der Waals surface area contributed by atoms with Crippen molar-refractivity contribution in [2.45, 2.75) is 32.2 Å². The number of carbonyl (C=O) groups excluding carboxylic acids is 1. The quantitative estimate of drug-likeness (QED) is 0.825. The molecule has 0 bridgehead atoms. The minimum absolute atomic E-state index is 0. The molecular weight excluding hydrogens is 269 g/mol. The second kappa shape index (κ2) is 6.39. The first-order chi connectivity index (χ1) is 6.65. The number of nitrogens with one attached hydrogen (secondary N) is 1. The average molecular weight is 284 g/mol. The van der Waals surface area contributed by atoms with Gasteiger partial charge in [-0.05, 0) is 19.3 Å². The number of hydrogen-bond acceptors (Lipinski definition) is 4. The van der Waals surface area contributed by atoms with E-state index in [1.54, 1.807) is 11.3 Å². The van der Waals surface area contributed by atoms with Crippen molar-refractivity contribution in [3.05, 3.63) is 10.6 Å². The summed E-state index contributed by atoms with van der Waals surface area (Å²) in [6, 6.07) is 0.258. The Kier molecular flexibility index (Phi) is 6.25. The lowest BCUT2D eigenvalue weighted by molar-refractivity contribution is -0.114. The first kappa shape index (κ1) is 15.6. The van der Waals surface area contributed by atoms with Crippen molar-refractivity contribution < 1.29 is 4.79 Å². The van der Waals surface area contributed by atoms with Crippen molar-refractivity contribution in [2.24, 2.45) is 5.73 Å². The first-order valence-electron chi connectivity index (χ1n) is 4.67. The maximum Gasteiger partial charge on any atom is 0.223 e. The molecule has 16 heavy (non-hydrogen) atoms.